The monoisotopic (exact) mass is 380 g/mol. The van der Waals surface area contributed by atoms with Crippen LogP contribution in [0.2, 0.25) is 0 Å². The second-order valence-corrected chi connectivity index (χ2v) is 6.69. The van der Waals surface area contributed by atoms with Crippen molar-refractivity contribution < 1.29 is 14.5 Å². The van der Waals surface area contributed by atoms with E-state index in [2.05, 4.69) is 16.0 Å². The van der Waals surface area contributed by atoms with Gasteiger partial charge in [-0.05, 0) is 38.0 Å². The predicted molar refractivity (Wildman–Crippen MR) is 105 cm³/mol. The van der Waals surface area contributed by atoms with E-state index in [9.17, 15) is 19.7 Å². The molecule has 3 amide bonds. The molecule has 0 saturated heterocycles. The Morgan fingerprint density at radius 3 is 2.61 bits per heavy atom. The highest BCUT2D eigenvalue weighted by Crippen LogP contribution is 2.30. The lowest BCUT2D eigenvalue weighted by Crippen LogP contribution is -2.46. The number of hydrogen-bond acceptors (Lipinski definition) is 4. The fourth-order valence-corrected chi connectivity index (χ4v) is 3.19. The van der Waals surface area contributed by atoms with Gasteiger partial charge >= 0.3 is 6.03 Å². The molecule has 144 valence electrons. The number of allylic oxidation sites excluding steroid dienone is 1. The van der Waals surface area contributed by atoms with Crippen molar-refractivity contribution >= 4 is 23.3 Å². The molecule has 3 rings (SSSR count). The van der Waals surface area contributed by atoms with Gasteiger partial charge in [0.15, 0.2) is 0 Å². The van der Waals surface area contributed by atoms with Crippen molar-refractivity contribution in [1.29, 1.82) is 0 Å². The maximum Gasteiger partial charge on any atom is 0.319 e. The van der Waals surface area contributed by atoms with E-state index in [-0.39, 0.29) is 5.69 Å². The molecule has 1 aliphatic heterocycles. The van der Waals surface area contributed by atoms with Crippen LogP contribution in [0.5, 0.6) is 0 Å². The minimum Gasteiger partial charge on any atom is -0.327 e. The van der Waals surface area contributed by atoms with Gasteiger partial charge in [0.25, 0.3) is 11.6 Å². The van der Waals surface area contributed by atoms with Crippen LogP contribution in [0.3, 0.4) is 0 Å². The molecule has 0 spiro atoms. The topological polar surface area (TPSA) is 113 Å². The van der Waals surface area contributed by atoms with Gasteiger partial charge in [-0.1, -0.05) is 29.8 Å². The lowest BCUT2D eigenvalue weighted by Gasteiger charge is -2.29. The fourth-order valence-electron chi connectivity index (χ4n) is 3.19. The van der Waals surface area contributed by atoms with Crippen LogP contribution in [0.4, 0.5) is 16.2 Å². The third kappa shape index (κ3) is 3.85. The van der Waals surface area contributed by atoms with Gasteiger partial charge in [-0.3, -0.25) is 14.9 Å². The summed E-state index contributed by atoms with van der Waals surface area (Å²) in [6.07, 6.45) is 0. The van der Waals surface area contributed by atoms with Crippen molar-refractivity contribution in [3.05, 3.63) is 80.5 Å². The molecule has 8 heteroatoms. The zero-order valence-electron chi connectivity index (χ0n) is 15.7. The summed E-state index contributed by atoms with van der Waals surface area (Å²) in [6, 6.07) is 10.5. The number of anilines is 1. The molecule has 28 heavy (non-hydrogen) atoms. The van der Waals surface area contributed by atoms with Crippen molar-refractivity contribution in [2.45, 2.75) is 26.8 Å². The van der Waals surface area contributed by atoms with Crippen LogP contribution in [-0.2, 0) is 4.79 Å². The Morgan fingerprint density at radius 1 is 1.14 bits per heavy atom. The van der Waals surface area contributed by atoms with E-state index in [0.29, 0.717) is 17.0 Å². The third-order valence-corrected chi connectivity index (χ3v) is 4.57. The van der Waals surface area contributed by atoms with Gasteiger partial charge in [0.1, 0.15) is 0 Å². The highest BCUT2D eigenvalue weighted by molar-refractivity contribution is 6.07. The minimum atomic E-state index is -0.632. The molecular formula is C20H20N4O4. The van der Waals surface area contributed by atoms with E-state index in [4.69, 9.17) is 0 Å². The number of nitrogens with one attached hydrogen (secondary N) is 3. The van der Waals surface area contributed by atoms with Crippen LogP contribution >= 0.6 is 0 Å². The maximum absolute atomic E-state index is 13.0. The number of aryl methyl sites for hydroxylation is 2. The van der Waals surface area contributed by atoms with E-state index >= 15 is 0 Å². The molecule has 0 aromatic heterocycles. The Balaban J connectivity index is 1.98. The van der Waals surface area contributed by atoms with Gasteiger partial charge in [-0.2, -0.15) is 0 Å². The first-order valence-electron chi connectivity index (χ1n) is 8.67. The number of nitro groups is 1. The van der Waals surface area contributed by atoms with Crippen molar-refractivity contribution in [3.63, 3.8) is 0 Å². The van der Waals surface area contributed by atoms with Crippen LogP contribution in [0, 0.1) is 24.0 Å². The molecule has 0 radical (unpaired) electrons. The minimum absolute atomic E-state index is 0.121. The molecule has 8 nitrogen and oxygen atoms in total. The zero-order chi connectivity index (χ0) is 20.4. The number of carbonyl (C=O) groups is 2. The lowest BCUT2D eigenvalue weighted by atomic mass is 9.90. The highest BCUT2D eigenvalue weighted by atomic mass is 16.6. The van der Waals surface area contributed by atoms with Crippen LogP contribution in [-0.4, -0.2) is 16.9 Å². The quantitative estimate of drug-likeness (QED) is 0.556. The Kier molecular flexibility index (Phi) is 5.12. The molecule has 0 aliphatic carbocycles. The Morgan fingerprint density at radius 2 is 1.89 bits per heavy atom. The van der Waals surface area contributed by atoms with Crippen molar-refractivity contribution in [3.8, 4) is 0 Å². The number of nitrogens with zero attached hydrogens (tertiary/aromatic N) is 1. The Hall–Kier alpha value is -3.68. The summed E-state index contributed by atoms with van der Waals surface area (Å²) in [5, 5.41) is 19.1. The van der Waals surface area contributed by atoms with E-state index < -0.39 is 22.9 Å². The van der Waals surface area contributed by atoms with E-state index in [1.54, 1.807) is 13.0 Å². The summed E-state index contributed by atoms with van der Waals surface area (Å²) in [5.41, 5.74) is 3.72. The summed E-state index contributed by atoms with van der Waals surface area (Å²) >= 11 is 0. The standard InChI is InChI=1S/C20H20N4O4/c1-11-7-8-12(2)16(9-11)18-17(13(3)21-20(26)23-18)19(25)22-14-5-4-6-15(10-14)24(27)28/h4-10,18H,1-3H3,(H,22,25)(H2,21,23,26). The van der Waals surface area contributed by atoms with Crippen LogP contribution in [0.25, 0.3) is 0 Å². The summed E-state index contributed by atoms with van der Waals surface area (Å²) in [5.74, 6) is -0.448. The molecule has 0 bridgehead atoms. The number of amides is 3. The number of hydrogen-bond donors (Lipinski definition) is 3. The summed E-state index contributed by atoms with van der Waals surface area (Å²) < 4.78 is 0. The van der Waals surface area contributed by atoms with Gasteiger partial charge in [-0.15, -0.1) is 0 Å². The fraction of sp³-hybridized carbons (Fsp3) is 0.200. The molecule has 1 aliphatic rings. The van der Waals surface area contributed by atoms with E-state index in [0.717, 1.165) is 16.7 Å². The average molecular weight is 380 g/mol. The molecule has 3 N–H and O–H groups in total. The number of rotatable bonds is 4. The summed E-state index contributed by atoms with van der Waals surface area (Å²) in [7, 11) is 0. The van der Waals surface area contributed by atoms with Gasteiger partial charge in [0.2, 0.25) is 0 Å². The molecular weight excluding hydrogens is 360 g/mol. The first-order valence-corrected chi connectivity index (χ1v) is 8.67. The van der Waals surface area contributed by atoms with Gasteiger partial charge < -0.3 is 16.0 Å². The second-order valence-electron chi connectivity index (χ2n) is 6.69. The third-order valence-electron chi connectivity index (χ3n) is 4.57. The zero-order valence-corrected chi connectivity index (χ0v) is 15.7. The Labute approximate surface area is 161 Å². The summed E-state index contributed by atoms with van der Waals surface area (Å²) in [6.45, 7) is 5.50. The predicted octanol–water partition coefficient (Wildman–Crippen LogP) is 3.48. The van der Waals surface area contributed by atoms with Gasteiger partial charge in [0, 0.05) is 23.5 Å². The van der Waals surface area contributed by atoms with E-state index in [1.807, 2.05) is 32.0 Å². The van der Waals surface area contributed by atoms with Gasteiger partial charge in [-0.25, -0.2) is 4.79 Å². The first-order chi connectivity index (χ1) is 13.3. The molecule has 0 saturated carbocycles. The first kappa shape index (κ1) is 19.1. The number of carbonyl (C=O) groups excluding carboxylic acids is 2. The Bertz CT molecular complexity index is 1010. The SMILES string of the molecule is CC1=C(C(=O)Nc2cccc([N+](=O)[O-])c2)C(c2cc(C)ccc2C)NC(=O)N1. The van der Waals surface area contributed by atoms with E-state index in [1.165, 1.54) is 18.2 Å². The number of benzene rings is 2. The van der Waals surface area contributed by atoms with Crippen LogP contribution in [0.15, 0.2) is 53.7 Å². The molecule has 2 aromatic rings. The smallest absolute Gasteiger partial charge is 0.319 e. The maximum atomic E-state index is 13.0. The largest absolute Gasteiger partial charge is 0.327 e. The van der Waals surface area contributed by atoms with Crippen molar-refractivity contribution in [2.75, 3.05) is 5.32 Å². The normalized spacial score (nSPS) is 16.2. The molecule has 1 heterocycles. The average Bonchev–Trinajstić information content (AvgIpc) is 2.63. The molecule has 0 fully saturated rings. The van der Waals surface area contributed by atoms with Crippen LogP contribution in [0.1, 0.15) is 29.7 Å². The molecule has 2 aromatic carbocycles. The lowest BCUT2D eigenvalue weighted by molar-refractivity contribution is -0.384. The summed E-state index contributed by atoms with van der Waals surface area (Å²) in [4.78, 5) is 35.5. The number of nitro benzene ring substituents is 1. The van der Waals surface area contributed by atoms with Crippen LogP contribution < -0.4 is 16.0 Å². The molecule has 1 unspecified atom stereocenters. The van der Waals surface area contributed by atoms with Crippen molar-refractivity contribution in [2.24, 2.45) is 0 Å². The van der Waals surface area contributed by atoms with Crippen molar-refractivity contribution in [1.82, 2.24) is 10.6 Å². The van der Waals surface area contributed by atoms with Gasteiger partial charge in [0.05, 0.1) is 16.5 Å². The molecule has 1 atom stereocenters. The highest BCUT2D eigenvalue weighted by Gasteiger charge is 2.32. The second kappa shape index (κ2) is 7.51. The number of non-ortho nitro benzene ring substituents is 1. The number of urea groups is 1.